The third-order valence-electron chi connectivity index (χ3n) is 19.2. The van der Waals surface area contributed by atoms with Gasteiger partial charge in [0.15, 0.2) is 6.29 Å². The van der Waals surface area contributed by atoms with E-state index in [0.29, 0.717) is 19.4 Å². The molecule has 1 saturated heterocycles. The van der Waals surface area contributed by atoms with Crippen molar-refractivity contribution in [2.45, 2.75) is 448 Å². The van der Waals surface area contributed by atoms with Crippen LogP contribution in [-0.2, 0) is 23.8 Å². The number of unbranched alkanes of at least 4 members (excludes halogenated alkanes) is 54. The van der Waals surface area contributed by atoms with Crippen molar-refractivity contribution in [2.24, 2.45) is 0 Å². The van der Waals surface area contributed by atoms with E-state index in [1.807, 2.05) is 6.08 Å². The molecule has 92 heavy (non-hydrogen) atoms. The first-order valence-electron chi connectivity index (χ1n) is 40.3. The van der Waals surface area contributed by atoms with Gasteiger partial charge < -0.3 is 45.1 Å². The normalized spacial score (nSPS) is 17.7. The van der Waals surface area contributed by atoms with Gasteiger partial charge in [0, 0.05) is 12.8 Å². The van der Waals surface area contributed by atoms with Gasteiger partial charge in [0.2, 0.25) is 5.91 Å². The molecule has 1 aliphatic rings. The number of rotatable bonds is 72. The summed E-state index contributed by atoms with van der Waals surface area (Å²) in [5.41, 5.74) is 0. The summed E-state index contributed by atoms with van der Waals surface area (Å²) >= 11 is 0. The number of carbonyl (C=O) groups excluding carboxylic acids is 2. The maximum absolute atomic E-state index is 13.0. The van der Waals surface area contributed by atoms with Gasteiger partial charge in [-0.3, -0.25) is 9.59 Å². The first kappa shape index (κ1) is 87.9. The maximum atomic E-state index is 13.0. The van der Waals surface area contributed by atoms with Crippen LogP contribution in [0.4, 0.5) is 0 Å². The lowest BCUT2D eigenvalue weighted by Crippen LogP contribution is -2.60. The van der Waals surface area contributed by atoms with Gasteiger partial charge in [0.1, 0.15) is 24.4 Å². The standard InChI is InChI=1S/C81H153NO10/c1-3-5-7-9-11-13-15-16-42-46-49-53-57-61-65-69-77(86)90-70-66-62-58-54-50-47-44-41-39-37-35-33-31-29-27-25-23-21-19-17-18-20-22-24-26-28-30-32-34-36-38-40-43-45-48-52-56-60-64-68-76(85)82-73(72-91-81-80(89)79(88)78(87)75(71-83)92-81)74(84)67-63-59-55-51-14-12-10-8-6-4-2/h17-18,21,23,63,67,73-75,78-81,83-84,87-89H,3-16,19-20,22,24-62,64-66,68-72H2,1-2H3,(H,82,85)/b18-17-,23-21-,67-63+. The SMILES string of the molecule is CCCCCCCCCC/C=C/C(O)C(COC1OC(CO)C(O)C(O)C1O)NC(=O)CCCCCCCCCCCCCCCCCCC/C=C\C/C=C\CCCCCCCCCCCCCCCCCOC(=O)CCCCCCCCCCCCCCCCC. The number of allylic oxidation sites excluding steroid dienone is 5. The third kappa shape index (κ3) is 58.1. The molecule has 6 N–H and O–H groups in total. The Labute approximate surface area is 568 Å². The van der Waals surface area contributed by atoms with E-state index in [0.717, 1.165) is 57.8 Å². The maximum Gasteiger partial charge on any atom is 0.305 e. The van der Waals surface area contributed by atoms with E-state index in [-0.39, 0.29) is 18.5 Å². The fraction of sp³-hybridized carbons (Fsp3) is 0.901. The highest BCUT2D eigenvalue weighted by Gasteiger charge is 2.44. The van der Waals surface area contributed by atoms with E-state index >= 15 is 0 Å². The Hall–Kier alpha value is -2.12. The summed E-state index contributed by atoms with van der Waals surface area (Å²) in [5.74, 6) is -0.160. The predicted molar refractivity (Wildman–Crippen MR) is 389 cm³/mol. The molecule has 1 rings (SSSR count). The van der Waals surface area contributed by atoms with Gasteiger partial charge >= 0.3 is 5.97 Å². The van der Waals surface area contributed by atoms with Crippen LogP contribution in [0.5, 0.6) is 0 Å². The molecule has 0 saturated carbocycles. The van der Waals surface area contributed by atoms with Gasteiger partial charge in [-0.25, -0.2) is 0 Å². The Morgan fingerprint density at radius 1 is 0.402 bits per heavy atom. The largest absolute Gasteiger partial charge is 0.466 e. The molecule has 0 radical (unpaired) electrons. The number of amides is 1. The lowest BCUT2D eigenvalue weighted by atomic mass is 9.99. The smallest absolute Gasteiger partial charge is 0.305 e. The average Bonchev–Trinajstić information content (AvgIpc) is 0.959. The molecule has 7 atom stereocenters. The highest BCUT2D eigenvalue weighted by molar-refractivity contribution is 5.76. The first-order valence-corrected chi connectivity index (χ1v) is 40.3. The second-order valence-electron chi connectivity index (χ2n) is 28.1. The van der Waals surface area contributed by atoms with Crippen LogP contribution in [0, 0.1) is 0 Å². The minimum atomic E-state index is -1.57. The first-order chi connectivity index (χ1) is 45.2. The predicted octanol–water partition coefficient (Wildman–Crippen LogP) is 21.7. The summed E-state index contributed by atoms with van der Waals surface area (Å²) in [5, 5.41) is 54.4. The molecule has 1 heterocycles. The number of ether oxygens (including phenoxy) is 3. The number of esters is 1. The Morgan fingerprint density at radius 2 is 0.728 bits per heavy atom. The molecule has 0 bridgehead atoms. The molecule has 0 spiro atoms. The highest BCUT2D eigenvalue weighted by Crippen LogP contribution is 2.24. The quantitative estimate of drug-likeness (QED) is 0.0195. The van der Waals surface area contributed by atoms with Crippen LogP contribution in [0.1, 0.15) is 406 Å². The summed E-state index contributed by atoms with van der Waals surface area (Å²) < 4.78 is 16.8. The number of aliphatic hydroxyl groups is 5. The van der Waals surface area contributed by atoms with Crippen molar-refractivity contribution in [3.05, 3.63) is 36.5 Å². The molecule has 0 aromatic rings. The molecule has 542 valence electrons. The minimum Gasteiger partial charge on any atom is -0.466 e. The van der Waals surface area contributed by atoms with Crippen molar-refractivity contribution < 1.29 is 49.3 Å². The van der Waals surface area contributed by atoms with Crippen LogP contribution in [0.25, 0.3) is 0 Å². The monoisotopic (exact) mass is 1300 g/mol. The van der Waals surface area contributed by atoms with Crippen LogP contribution < -0.4 is 5.32 Å². The Bertz CT molecular complexity index is 1620. The summed E-state index contributed by atoms with van der Waals surface area (Å²) in [6.45, 7) is 4.38. The lowest BCUT2D eigenvalue weighted by molar-refractivity contribution is -0.302. The van der Waals surface area contributed by atoms with Crippen molar-refractivity contribution >= 4 is 11.9 Å². The molecule has 11 nitrogen and oxygen atoms in total. The molecular weight excluding hydrogens is 1150 g/mol. The van der Waals surface area contributed by atoms with Crippen LogP contribution >= 0.6 is 0 Å². The van der Waals surface area contributed by atoms with Gasteiger partial charge in [0.25, 0.3) is 0 Å². The average molecular weight is 1300 g/mol. The van der Waals surface area contributed by atoms with Crippen LogP contribution in [0.3, 0.4) is 0 Å². The molecule has 1 aliphatic heterocycles. The van der Waals surface area contributed by atoms with E-state index in [1.54, 1.807) is 6.08 Å². The van der Waals surface area contributed by atoms with Crippen LogP contribution in [0.2, 0.25) is 0 Å². The molecule has 7 unspecified atom stereocenters. The zero-order valence-electron chi connectivity index (χ0n) is 60.5. The van der Waals surface area contributed by atoms with Crippen molar-refractivity contribution in [3.63, 3.8) is 0 Å². The summed E-state index contributed by atoms with van der Waals surface area (Å²) in [4.78, 5) is 25.1. The number of aliphatic hydroxyl groups excluding tert-OH is 5. The number of hydrogen-bond acceptors (Lipinski definition) is 10. The summed E-state index contributed by atoms with van der Waals surface area (Å²) in [7, 11) is 0. The zero-order valence-corrected chi connectivity index (χ0v) is 60.5. The molecule has 0 aromatic carbocycles. The van der Waals surface area contributed by atoms with E-state index in [2.05, 4.69) is 43.5 Å². The van der Waals surface area contributed by atoms with Crippen LogP contribution in [0.15, 0.2) is 36.5 Å². The van der Waals surface area contributed by atoms with Gasteiger partial charge in [-0.1, -0.05) is 365 Å². The fourth-order valence-electron chi connectivity index (χ4n) is 12.9. The summed E-state index contributed by atoms with van der Waals surface area (Å²) in [6.07, 6.45) is 81.9. The summed E-state index contributed by atoms with van der Waals surface area (Å²) in [6, 6.07) is -0.807. The van der Waals surface area contributed by atoms with Crippen molar-refractivity contribution in [1.29, 1.82) is 0 Å². The molecule has 0 aliphatic carbocycles. The van der Waals surface area contributed by atoms with Crippen molar-refractivity contribution in [3.8, 4) is 0 Å². The van der Waals surface area contributed by atoms with E-state index in [4.69, 9.17) is 14.2 Å². The highest BCUT2D eigenvalue weighted by atomic mass is 16.7. The second kappa shape index (κ2) is 70.2. The fourth-order valence-corrected chi connectivity index (χ4v) is 12.9. The second-order valence-corrected chi connectivity index (χ2v) is 28.1. The lowest BCUT2D eigenvalue weighted by Gasteiger charge is -2.40. The topological polar surface area (TPSA) is 175 Å². The van der Waals surface area contributed by atoms with Crippen LogP contribution in [-0.4, -0.2) is 100 Å². The van der Waals surface area contributed by atoms with Crippen molar-refractivity contribution in [2.75, 3.05) is 19.8 Å². The molecule has 1 fully saturated rings. The van der Waals surface area contributed by atoms with Gasteiger partial charge in [0.05, 0.1) is 32.0 Å². The third-order valence-corrected chi connectivity index (χ3v) is 19.2. The Kier molecular flexibility index (Phi) is 67.1. The Balaban J connectivity index is 1.87. The van der Waals surface area contributed by atoms with Gasteiger partial charge in [-0.2, -0.15) is 0 Å². The number of nitrogens with one attached hydrogen (secondary N) is 1. The zero-order chi connectivity index (χ0) is 66.5. The molecular formula is C81H153NO10. The van der Waals surface area contributed by atoms with Gasteiger partial charge in [-0.15, -0.1) is 0 Å². The molecule has 0 aromatic heterocycles. The Morgan fingerprint density at radius 3 is 1.10 bits per heavy atom. The van der Waals surface area contributed by atoms with Crippen molar-refractivity contribution in [1.82, 2.24) is 5.32 Å². The minimum absolute atomic E-state index is 0.0182. The van der Waals surface area contributed by atoms with Gasteiger partial charge in [-0.05, 0) is 64.2 Å². The number of carbonyl (C=O) groups is 2. The molecule has 1 amide bonds. The number of hydrogen-bond donors (Lipinski definition) is 6. The van der Waals surface area contributed by atoms with E-state index in [9.17, 15) is 35.1 Å². The van der Waals surface area contributed by atoms with E-state index < -0.39 is 49.5 Å². The van der Waals surface area contributed by atoms with E-state index in [1.165, 1.54) is 321 Å². The molecule has 11 heteroatoms.